The summed E-state index contributed by atoms with van der Waals surface area (Å²) in [5, 5.41) is 10.4. The van der Waals surface area contributed by atoms with E-state index in [4.69, 9.17) is 4.74 Å². The number of carbonyl (C=O) groups excluding carboxylic acids is 1. The van der Waals surface area contributed by atoms with Crippen LogP contribution >= 0.6 is 0 Å². The molecule has 1 aliphatic carbocycles. The molecule has 0 aromatic rings. The second kappa shape index (κ2) is 4.35. The Morgan fingerprint density at radius 3 is 2.80 bits per heavy atom. The largest absolute Gasteiger partial charge is 0.465 e. The molecule has 0 heterocycles. The highest BCUT2D eigenvalue weighted by atomic mass is 16.5. The highest BCUT2D eigenvalue weighted by Crippen LogP contribution is 2.49. The zero-order valence-electron chi connectivity index (χ0n) is 9.58. The summed E-state index contributed by atoms with van der Waals surface area (Å²) in [6.07, 6.45) is 4.31. The summed E-state index contributed by atoms with van der Waals surface area (Å²) in [4.78, 5) is 11.8. The molecule has 3 nitrogen and oxygen atoms in total. The van der Waals surface area contributed by atoms with Crippen molar-refractivity contribution in [3.8, 4) is 0 Å². The van der Waals surface area contributed by atoms with Crippen LogP contribution in [0.1, 0.15) is 39.5 Å². The van der Waals surface area contributed by atoms with Crippen LogP contribution in [0, 0.1) is 5.41 Å². The molecule has 0 aromatic carbocycles. The first-order chi connectivity index (χ1) is 7.00. The molecule has 0 bridgehead atoms. The number of ether oxygens (including phenoxy) is 1. The Balaban J connectivity index is 2.89. The maximum absolute atomic E-state index is 11.8. The molecule has 0 amide bonds. The Morgan fingerprint density at radius 2 is 2.27 bits per heavy atom. The maximum Gasteiger partial charge on any atom is 0.314 e. The summed E-state index contributed by atoms with van der Waals surface area (Å²) >= 11 is 0. The van der Waals surface area contributed by atoms with Crippen molar-refractivity contribution in [3.63, 3.8) is 0 Å². The summed E-state index contributed by atoms with van der Waals surface area (Å²) in [5.41, 5.74) is -1.74. The van der Waals surface area contributed by atoms with E-state index in [0.717, 1.165) is 6.42 Å². The van der Waals surface area contributed by atoms with Gasteiger partial charge in [0.25, 0.3) is 0 Å². The van der Waals surface area contributed by atoms with E-state index in [0.29, 0.717) is 25.9 Å². The number of hydrogen-bond donors (Lipinski definition) is 1. The second-order valence-electron chi connectivity index (χ2n) is 4.43. The predicted octanol–water partition coefficient (Wildman–Crippen LogP) is 2.05. The third-order valence-corrected chi connectivity index (χ3v) is 3.50. The minimum atomic E-state index is -0.971. The third kappa shape index (κ3) is 1.93. The van der Waals surface area contributed by atoms with E-state index in [-0.39, 0.29) is 5.97 Å². The van der Waals surface area contributed by atoms with Gasteiger partial charge in [-0.05, 0) is 39.5 Å². The Morgan fingerprint density at radius 1 is 1.60 bits per heavy atom. The minimum Gasteiger partial charge on any atom is -0.465 e. The summed E-state index contributed by atoms with van der Waals surface area (Å²) in [6, 6.07) is 0. The van der Waals surface area contributed by atoms with E-state index in [1.54, 1.807) is 19.9 Å². The SMILES string of the molecule is C=CC[C@@]1(O)CCC[C@@]1(C)C(=O)OCC. The Kier molecular flexibility index (Phi) is 3.55. The van der Waals surface area contributed by atoms with Crippen molar-refractivity contribution < 1.29 is 14.6 Å². The predicted molar refractivity (Wildman–Crippen MR) is 58.4 cm³/mol. The van der Waals surface area contributed by atoms with Gasteiger partial charge in [-0.15, -0.1) is 6.58 Å². The van der Waals surface area contributed by atoms with Gasteiger partial charge >= 0.3 is 5.97 Å². The first-order valence-corrected chi connectivity index (χ1v) is 5.50. The summed E-state index contributed by atoms with van der Waals surface area (Å²) in [5.74, 6) is -0.285. The topological polar surface area (TPSA) is 46.5 Å². The van der Waals surface area contributed by atoms with Crippen LogP contribution in [0.3, 0.4) is 0 Å². The van der Waals surface area contributed by atoms with Crippen LogP contribution in [0.5, 0.6) is 0 Å². The number of hydrogen-bond acceptors (Lipinski definition) is 3. The van der Waals surface area contributed by atoms with Gasteiger partial charge in [-0.1, -0.05) is 6.08 Å². The molecule has 2 atom stereocenters. The van der Waals surface area contributed by atoms with Crippen LogP contribution in [0.25, 0.3) is 0 Å². The van der Waals surface area contributed by atoms with Gasteiger partial charge in [-0.25, -0.2) is 0 Å². The Bertz CT molecular complexity index is 262. The molecule has 15 heavy (non-hydrogen) atoms. The van der Waals surface area contributed by atoms with Crippen molar-refractivity contribution in [2.24, 2.45) is 5.41 Å². The van der Waals surface area contributed by atoms with Gasteiger partial charge in [0, 0.05) is 0 Å². The Hall–Kier alpha value is -0.830. The smallest absolute Gasteiger partial charge is 0.314 e. The molecule has 1 aliphatic rings. The maximum atomic E-state index is 11.8. The van der Waals surface area contributed by atoms with Gasteiger partial charge in [0.15, 0.2) is 0 Å². The first kappa shape index (κ1) is 12.2. The average Bonchev–Trinajstić information content (AvgIpc) is 2.45. The molecule has 0 aromatic heterocycles. The molecule has 0 saturated heterocycles. The molecule has 1 fully saturated rings. The monoisotopic (exact) mass is 212 g/mol. The molecule has 1 N–H and O–H groups in total. The highest BCUT2D eigenvalue weighted by molar-refractivity contribution is 5.78. The fraction of sp³-hybridized carbons (Fsp3) is 0.750. The summed E-state index contributed by atoms with van der Waals surface area (Å²) < 4.78 is 5.04. The number of aliphatic hydroxyl groups is 1. The van der Waals surface area contributed by atoms with E-state index in [2.05, 4.69) is 6.58 Å². The fourth-order valence-corrected chi connectivity index (χ4v) is 2.39. The standard InChI is InChI=1S/C12H20O3/c1-4-7-12(14)9-6-8-11(12,3)10(13)15-5-2/h4,14H,1,5-9H2,2-3H3/t11-,12+/m0/s1. The molecule has 0 aliphatic heterocycles. The van der Waals surface area contributed by atoms with Crippen LogP contribution in [0.15, 0.2) is 12.7 Å². The molecule has 0 unspecified atom stereocenters. The zero-order valence-corrected chi connectivity index (χ0v) is 9.58. The molecular formula is C12H20O3. The fourth-order valence-electron chi connectivity index (χ4n) is 2.39. The second-order valence-corrected chi connectivity index (χ2v) is 4.43. The van der Waals surface area contributed by atoms with Gasteiger partial charge < -0.3 is 9.84 Å². The van der Waals surface area contributed by atoms with Gasteiger partial charge in [-0.2, -0.15) is 0 Å². The lowest BCUT2D eigenvalue weighted by Crippen LogP contribution is -2.47. The van der Waals surface area contributed by atoms with Crippen LogP contribution in [-0.4, -0.2) is 23.3 Å². The lowest BCUT2D eigenvalue weighted by molar-refractivity contribution is -0.168. The van der Waals surface area contributed by atoms with E-state index >= 15 is 0 Å². The van der Waals surface area contributed by atoms with E-state index in [1.165, 1.54) is 0 Å². The minimum absolute atomic E-state index is 0.285. The average molecular weight is 212 g/mol. The van der Waals surface area contributed by atoms with E-state index < -0.39 is 11.0 Å². The Labute approximate surface area is 91.1 Å². The normalized spacial score (nSPS) is 35.1. The van der Waals surface area contributed by atoms with Crippen LogP contribution in [-0.2, 0) is 9.53 Å². The molecule has 0 spiro atoms. The lowest BCUT2D eigenvalue weighted by atomic mass is 9.74. The van der Waals surface area contributed by atoms with E-state index in [1.807, 2.05) is 0 Å². The molecular weight excluding hydrogens is 192 g/mol. The number of carbonyl (C=O) groups is 1. The van der Waals surface area contributed by atoms with Gasteiger partial charge in [-0.3, -0.25) is 4.79 Å². The van der Waals surface area contributed by atoms with Crippen molar-refractivity contribution in [2.75, 3.05) is 6.61 Å². The van der Waals surface area contributed by atoms with Gasteiger partial charge in [0.05, 0.1) is 17.6 Å². The van der Waals surface area contributed by atoms with Crippen molar-refractivity contribution in [1.29, 1.82) is 0 Å². The van der Waals surface area contributed by atoms with Crippen molar-refractivity contribution >= 4 is 5.97 Å². The van der Waals surface area contributed by atoms with Crippen molar-refractivity contribution in [1.82, 2.24) is 0 Å². The number of esters is 1. The number of rotatable bonds is 4. The zero-order chi connectivity index (χ0) is 11.5. The van der Waals surface area contributed by atoms with Crippen molar-refractivity contribution in [3.05, 3.63) is 12.7 Å². The third-order valence-electron chi connectivity index (χ3n) is 3.50. The molecule has 0 radical (unpaired) electrons. The van der Waals surface area contributed by atoms with Crippen LogP contribution < -0.4 is 0 Å². The van der Waals surface area contributed by atoms with Crippen LogP contribution in [0.4, 0.5) is 0 Å². The quantitative estimate of drug-likeness (QED) is 0.573. The molecule has 1 rings (SSSR count). The van der Waals surface area contributed by atoms with E-state index in [9.17, 15) is 9.90 Å². The molecule has 1 saturated carbocycles. The molecule has 3 heteroatoms. The molecule has 86 valence electrons. The lowest BCUT2D eigenvalue weighted by Gasteiger charge is -2.36. The summed E-state index contributed by atoms with van der Waals surface area (Å²) in [6.45, 7) is 7.56. The van der Waals surface area contributed by atoms with Crippen LogP contribution in [0.2, 0.25) is 0 Å². The van der Waals surface area contributed by atoms with Crippen molar-refractivity contribution in [2.45, 2.75) is 45.1 Å². The van der Waals surface area contributed by atoms with Gasteiger partial charge in [0.2, 0.25) is 0 Å². The first-order valence-electron chi connectivity index (χ1n) is 5.50. The van der Waals surface area contributed by atoms with Gasteiger partial charge in [0.1, 0.15) is 0 Å². The highest BCUT2D eigenvalue weighted by Gasteiger charge is 2.55. The summed E-state index contributed by atoms with van der Waals surface area (Å²) in [7, 11) is 0.